The molecule has 0 aliphatic heterocycles. The Hall–Kier alpha value is -3.78. The van der Waals surface area contributed by atoms with E-state index >= 15 is 0 Å². The summed E-state index contributed by atoms with van der Waals surface area (Å²) in [5.74, 6) is 0.326. The number of nitrogens with zero attached hydrogens (tertiary/aromatic N) is 2. The van der Waals surface area contributed by atoms with E-state index in [0.717, 1.165) is 28.5 Å². The first-order valence-electron chi connectivity index (χ1n) is 10.8. The van der Waals surface area contributed by atoms with Crippen molar-refractivity contribution in [3.05, 3.63) is 108 Å². The van der Waals surface area contributed by atoms with Crippen molar-refractivity contribution in [1.82, 2.24) is 9.97 Å². The Kier molecular flexibility index (Phi) is 4.17. The first kappa shape index (κ1) is 18.0. The summed E-state index contributed by atoms with van der Waals surface area (Å²) in [4.78, 5) is 9.83. The van der Waals surface area contributed by atoms with Crippen LogP contribution in [-0.4, -0.2) is 9.97 Å². The lowest BCUT2D eigenvalue weighted by Crippen LogP contribution is -2.04. The highest BCUT2D eigenvalue weighted by Crippen LogP contribution is 2.36. The molecule has 0 N–H and O–H groups in total. The van der Waals surface area contributed by atoms with Crippen LogP contribution in [0, 0.1) is 0 Å². The number of hydrogen-bond donors (Lipinski definition) is 0. The molecule has 0 fully saturated rings. The van der Waals surface area contributed by atoms with E-state index in [0.29, 0.717) is 5.92 Å². The summed E-state index contributed by atoms with van der Waals surface area (Å²) in [6.45, 7) is 2.35. The van der Waals surface area contributed by atoms with Gasteiger partial charge in [0.15, 0.2) is 0 Å². The smallest absolute Gasteiger partial charge is 0.0712 e. The van der Waals surface area contributed by atoms with Crippen LogP contribution < -0.4 is 0 Å². The Bertz CT molecular complexity index is 1470. The van der Waals surface area contributed by atoms with Gasteiger partial charge in [0.05, 0.1) is 22.1 Å². The normalized spacial score (nSPS) is 12.7. The highest BCUT2D eigenvalue weighted by molar-refractivity contribution is 5.99. The Labute approximate surface area is 181 Å². The van der Waals surface area contributed by atoms with Crippen LogP contribution in [0.1, 0.15) is 24.0 Å². The standard InChI is InChI=1S/C29H22N2/c1-19(29-22-12-4-8-16-27(22)31-28-17-9-5-13-23(28)29)18-24-20-10-2-6-14-25(20)30-26-15-7-3-11-21(24)26/h2-17,19H,18H2,1H3. The first-order valence-corrected chi connectivity index (χ1v) is 10.8. The zero-order valence-electron chi connectivity index (χ0n) is 17.4. The third kappa shape index (κ3) is 2.95. The molecule has 0 aliphatic rings. The topological polar surface area (TPSA) is 25.8 Å². The number of hydrogen-bond acceptors (Lipinski definition) is 2. The van der Waals surface area contributed by atoms with E-state index in [-0.39, 0.29) is 0 Å². The molecule has 148 valence electrons. The third-order valence-electron chi connectivity index (χ3n) is 6.33. The van der Waals surface area contributed by atoms with Gasteiger partial charge in [0, 0.05) is 21.5 Å². The van der Waals surface area contributed by atoms with Crippen molar-refractivity contribution in [2.75, 3.05) is 0 Å². The van der Waals surface area contributed by atoms with Gasteiger partial charge in [-0.2, -0.15) is 0 Å². The van der Waals surface area contributed by atoms with Gasteiger partial charge in [-0.25, -0.2) is 9.97 Å². The highest BCUT2D eigenvalue weighted by Gasteiger charge is 2.18. The quantitative estimate of drug-likeness (QED) is 0.290. The van der Waals surface area contributed by atoms with E-state index in [1.807, 2.05) is 0 Å². The number of para-hydroxylation sites is 4. The second-order valence-electron chi connectivity index (χ2n) is 8.29. The fraction of sp³-hybridized carbons (Fsp3) is 0.103. The molecule has 0 bridgehead atoms. The molecule has 6 aromatic rings. The first-order chi connectivity index (χ1) is 15.3. The molecule has 0 radical (unpaired) electrons. The number of fused-ring (bicyclic) bond motifs is 4. The van der Waals surface area contributed by atoms with Crippen molar-refractivity contribution in [1.29, 1.82) is 0 Å². The van der Waals surface area contributed by atoms with Crippen LogP contribution in [0.2, 0.25) is 0 Å². The number of benzene rings is 4. The highest BCUT2D eigenvalue weighted by atomic mass is 14.7. The number of pyridine rings is 2. The van der Waals surface area contributed by atoms with Crippen LogP contribution >= 0.6 is 0 Å². The van der Waals surface area contributed by atoms with Gasteiger partial charge in [0.25, 0.3) is 0 Å². The summed E-state index contributed by atoms with van der Waals surface area (Å²) in [6, 6.07) is 34.1. The molecule has 2 heteroatoms. The average molecular weight is 399 g/mol. The van der Waals surface area contributed by atoms with E-state index in [9.17, 15) is 0 Å². The van der Waals surface area contributed by atoms with Crippen molar-refractivity contribution in [3.63, 3.8) is 0 Å². The Morgan fingerprint density at radius 1 is 0.516 bits per heavy atom. The molecular weight excluding hydrogens is 376 g/mol. The van der Waals surface area contributed by atoms with Gasteiger partial charge in [-0.3, -0.25) is 0 Å². The zero-order chi connectivity index (χ0) is 20.8. The molecule has 31 heavy (non-hydrogen) atoms. The molecule has 4 aromatic carbocycles. The molecule has 0 saturated carbocycles. The van der Waals surface area contributed by atoms with Gasteiger partial charge < -0.3 is 0 Å². The van der Waals surface area contributed by atoms with Gasteiger partial charge in [-0.05, 0) is 47.7 Å². The zero-order valence-corrected chi connectivity index (χ0v) is 17.4. The van der Waals surface area contributed by atoms with Gasteiger partial charge in [0.1, 0.15) is 0 Å². The molecule has 0 saturated heterocycles. The summed E-state index contributed by atoms with van der Waals surface area (Å²) in [5, 5.41) is 4.99. The van der Waals surface area contributed by atoms with Crippen LogP contribution in [0.3, 0.4) is 0 Å². The van der Waals surface area contributed by atoms with Crippen LogP contribution in [0.15, 0.2) is 97.1 Å². The molecule has 2 nitrogen and oxygen atoms in total. The fourth-order valence-electron chi connectivity index (χ4n) is 4.96. The summed E-state index contributed by atoms with van der Waals surface area (Å²) >= 11 is 0. The maximum atomic E-state index is 4.92. The predicted octanol–water partition coefficient (Wildman–Crippen LogP) is 7.44. The molecule has 2 aromatic heterocycles. The van der Waals surface area contributed by atoms with E-state index in [4.69, 9.17) is 9.97 Å². The summed E-state index contributed by atoms with van der Waals surface area (Å²) in [7, 11) is 0. The predicted molar refractivity (Wildman–Crippen MR) is 131 cm³/mol. The van der Waals surface area contributed by atoms with Crippen LogP contribution in [0.25, 0.3) is 43.6 Å². The molecule has 1 unspecified atom stereocenters. The fourth-order valence-corrected chi connectivity index (χ4v) is 4.96. The number of aromatic nitrogens is 2. The molecule has 0 aliphatic carbocycles. The van der Waals surface area contributed by atoms with E-state index < -0.39 is 0 Å². The number of rotatable bonds is 3. The van der Waals surface area contributed by atoms with Gasteiger partial charge in [-0.1, -0.05) is 79.7 Å². The Morgan fingerprint density at radius 3 is 1.32 bits per heavy atom. The molecule has 0 spiro atoms. The summed E-state index contributed by atoms with van der Waals surface area (Å²) in [6.07, 6.45) is 0.946. The minimum atomic E-state index is 0.326. The molecule has 0 amide bonds. The molecule has 1 atom stereocenters. The SMILES string of the molecule is CC(Cc1c2ccccc2nc2ccccc12)c1c2ccccc2nc2ccccc12. The minimum absolute atomic E-state index is 0.326. The lowest BCUT2D eigenvalue weighted by Gasteiger charge is -2.20. The van der Waals surface area contributed by atoms with Crippen LogP contribution in [-0.2, 0) is 6.42 Å². The average Bonchev–Trinajstić information content (AvgIpc) is 2.82. The Balaban J connectivity index is 1.61. The van der Waals surface area contributed by atoms with E-state index in [1.54, 1.807) is 0 Å². The monoisotopic (exact) mass is 398 g/mol. The van der Waals surface area contributed by atoms with E-state index in [2.05, 4.69) is 104 Å². The van der Waals surface area contributed by atoms with Gasteiger partial charge >= 0.3 is 0 Å². The van der Waals surface area contributed by atoms with Crippen LogP contribution in [0.5, 0.6) is 0 Å². The van der Waals surface area contributed by atoms with Crippen molar-refractivity contribution >= 4 is 43.6 Å². The van der Waals surface area contributed by atoms with Crippen molar-refractivity contribution < 1.29 is 0 Å². The lowest BCUT2D eigenvalue weighted by molar-refractivity contribution is 0.779. The maximum absolute atomic E-state index is 4.92. The van der Waals surface area contributed by atoms with E-state index in [1.165, 1.54) is 32.7 Å². The summed E-state index contributed by atoms with van der Waals surface area (Å²) < 4.78 is 0. The van der Waals surface area contributed by atoms with Gasteiger partial charge in [0.2, 0.25) is 0 Å². The van der Waals surface area contributed by atoms with Crippen molar-refractivity contribution in [3.8, 4) is 0 Å². The van der Waals surface area contributed by atoms with Crippen molar-refractivity contribution in [2.45, 2.75) is 19.3 Å². The molecule has 2 heterocycles. The maximum Gasteiger partial charge on any atom is 0.0712 e. The third-order valence-corrected chi connectivity index (χ3v) is 6.33. The molecular formula is C29H22N2. The second-order valence-corrected chi connectivity index (χ2v) is 8.29. The summed E-state index contributed by atoms with van der Waals surface area (Å²) in [5.41, 5.74) is 7.01. The molecule has 6 rings (SSSR count). The van der Waals surface area contributed by atoms with Gasteiger partial charge in [-0.15, -0.1) is 0 Å². The largest absolute Gasteiger partial charge is 0.248 e. The second kappa shape index (κ2) is 7.17. The minimum Gasteiger partial charge on any atom is -0.248 e. The van der Waals surface area contributed by atoms with Crippen molar-refractivity contribution in [2.24, 2.45) is 0 Å². The Morgan fingerprint density at radius 2 is 0.871 bits per heavy atom. The van der Waals surface area contributed by atoms with Crippen LogP contribution in [0.4, 0.5) is 0 Å². The lowest BCUT2D eigenvalue weighted by atomic mass is 9.86.